The molecule has 1 aliphatic rings. The van der Waals surface area contributed by atoms with Crippen LogP contribution in [0, 0.1) is 5.82 Å². The molecule has 1 unspecified atom stereocenters. The summed E-state index contributed by atoms with van der Waals surface area (Å²) in [6, 6.07) is 10.7. The number of hydrogen-bond donors (Lipinski definition) is 2. The Balaban J connectivity index is 1.77. The maximum absolute atomic E-state index is 13.7. The fourth-order valence-corrected chi connectivity index (χ4v) is 3.48. The molecule has 1 fully saturated rings. The Morgan fingerprint density at radius 3 is 2.96 bits per heavy atom. The van der Waals surface area contributed by atoms with Crippen molar-refractivity contribution in [2.45, 2.75) is 18.8 Å². The lowest BCUT2D eigenvalue weighted by Crippen LogP contribution is -2.28. The quantitative estimate of drug-likeness (QED) is 0.771. The number of rotatable bonds is 3. The number of fused-ring (bicyclic) bond motifs is 1. The van der Waals surface area contributed by atoms with Crippen molar-refractivity contribution in [3.8, 4) is 5.69 Å². The first-order chi connectivity index (χ1) is 12.1. The molecule has 5 nitrogen and oxygen atoms in total. The molecule has 0 saturated carbocycles. The summed E-state index contributed by atoms with van der Waals surface area (Å²) in [5.41, 5.74) is 8.01. The summed E-state index contributed by atoms with van der Waals surface area (Å²) in [5.74, 6) is -0.697. The fourth-order valence-electron chi connectivity index (χ4n) is 3.48. The van der Waals surface area contributed by atoms with Gasteiger partial charge in [-0.1, -0.05) is 12.1 Å². The monoisotopic (exact) mass is 338 g/mol. The number of halogens is 1. The van der Waals surface area contributed by atoms with Crippen molar-refractivity contribution in [1.82, 2.24) is 15.1 Å². The van der Waals surface area contributed by atoms with Gasteiger partial charge in [-0.3, -0.25) is 4.79 Å². The predicted molar refractivity (Wildman–Crippen MR) is 94.4 cm³/mol. The summed E-state index contributed by atoms with van der Waals surface area (Å²) >= 11 is 0. The van der Waals surface area contributed by atoms with Crippen LogP contribution in [0.15, 0.2) is 42.6 Å². The van der Waals surface area contributed by atoms with Gasteiger partial charge in [0.1, 0.15) is 11.3 Å². The second-order valence-corrected chi connectivity index (χ2v) is 6.47. The van der Waals surface area contributed by atoms with Gasteiger partial charge >= 0.3 is 0 Å². The average molecular weight is 338 g/mol. The van der Waals surface area contributed by atoms with Crippen LogP contribution in [0.2, 0.25) is 0 Å². The zero-order valence-electron chi connectivity index (χ0n) is 13.7. The Morgan fingerprint density at radius 2 is 2.20 bits per heavy atom. The number of carbonyl (C=O) groups is 1. The minimum atomic E-state index is -0.684. The van der Waals surface area contributed by atoms with Crippen molar-refractivity contribution >= 4 is 16.8 Å². The van der Waals surface area contributed by atoms with Crippen molar-refractivity contribution in [3.05, 3.63) is 59.5 Å². The largest absolute Gasteiger partial charge is 0.366 e. The van der Waals surface area contributed by atoms with Crippen LogP contribution in [0.3, 0.4) is 0 Å². The van der Waals surface area contributed by atoms with Crippen molar-refractivity contribution in [3.63, 3.8) is 0 Å². The van der Waals surface area contributed by atoms with E-state index in [0.717, 1.165) is 31.3 Å². The highest BCUT2D eigenvalue weighted by Crippen LogP contribution is 2.26. The van der Waals surface area contributed by atoms with Gasteiger partial charge in [0.2, 0.25) is 0 Å². The number of nitrogens with zero attached hydrogens (tertiary/aromatic N) is 2. The maximum Gasteiger partial charge on any atom is 0.251 e. The Morgan fingerprint density at radius 1 is 1.32 bits per heavy atom. The van der Waals surface area contributed by atoms with E-state index in [2.05, 4.69) is 22.5 Å². The minimum absolute atomic E-state index is 0.0985. The summed E-state index contributed by atoms with van der Waals surface area (Å²) in [5, 5.41) is 8.44. The van der Waals surface area contributed by atoms with E-state index in [0.29, 0.717) is 16.8 Å². The molecule has 0 radical (unpaired) electrons. The third-order valence-electron chi connectivity index (χ3n) is 4.74. The number of amides is 1. The van der Waals surface area contributed by atoms with Crippen molar-refractivity contribution in [2.75, 3.05) is 13.1 Å². The molecule has 1 atom stereocenters. The highest BCUT2D eigenvalue weighted by atomic mass is 19.1. The number of nitrogens with two attached hydrogens (primary N) is 1. The van der Waals surface area contributed by atoms with E-state index < -0.39 is 11.7 Å². The third-order valence-corrected chi connectivity index (χ3v) is 4.74. The Hall–Kier alpha value is -2.73. The molecule has 3 N–H and O–H groups in total. The van der Waals surface area contributed by atoms with Crippen LogP contribution in [0.1, 0.15) is 34.7 Å². The van der Waals surface area contributed by atoms with Gasteiger partial charge in [-0.05, 0) is 55.1 Å². The van der Waals surface area contributed by atoms with Crippen LogP contribution in [0.5, 0.6) is 0 Å². The molecular formula is C19H19FN4O. The van der Waals surface area contributed by atoms with Gasteiger partial charge in [-0.25, -0.2) is 9.07 Å². The molecule has 0 spiro atoms. The standard InChI is InChI=1S/C19H19FN4O/c20-15-7-14-11-24(23-18(14)17(9-15)19(21)25)16-5-1-3-12(8-16)13-4-2-6-22-10-13/h1,3,5,7-9,11,13,22H,2,4,6,10H2,(H2,21,25). The second kappa shape index (κ2) is 6.29. The molecule has 1 aromatic heterocycles. The summed E-state index contributed by atoms with van der Waals surface area (Å²) in [6.07, 6.45) is 4.06. The molecule has 2 aromatic carbocycles. The summed E-state index contributed by atoms with van der Waals surface area (Å²) in [7, 11) is 0. The number of nitrogens with one attached hydrogen (secondary N) is 1. The van der Waals surface area contributed by atoms with Crippen LogP contribution < -0.4 is 11.1 Å². The number of benzene rings is 2. The highest BCUT2D eigenvalue weighted by molar-refractivity contribution is 6.04. The van der Waals surface area contributed by atoms with E-state index in [1.807, 2.05) is 12.1 Å². The molecule has 1 amide bonds. The normalized spacial score (nSPS) is 17.7. The Labute approximate surface area is 144 Å². The molecule has 25 heavy (non-hydrogen) atoms. The van der Waals surface area contributed by atoms with Gasteiger partial charge in [-0.15, -0.1) is 0 Å². The first kappa shape index (κ1) is 15.8. The molecule has 6 heteroatoms. The van der Waals surface area contributed by atoms with E-state index in [9.17, 15) is 9.18 Å². The van der Waals surface area contributed by atoms with E-state index in [1.54, 1.807) is 10.9 Å². The van der Waals surface area contributed by atoms with Crippen molar-refractivity contribution in [1.29, 1.82) is 0 Å². The maximum atomic E-state index is 13.7. The highest BCUT2D eigenvalue weighted by Gasteiger charge is 2.17. The Bertz CT molecular complexity index is 944. The minimum Gasteiger partial charge on any atom is -0.366 e. The van der Waals surface area contributed by atoms with Crippen LogP contribution >= 0.6 is 0 Å². The molecule has 2 heterocycles. The zero-order valence-corrected chi connectivity index (χ0v) is 13.7. The SMILES string of the molecule is NC(=O)c1cc(F)cc2cn(-c3cccc(C4CCCNC4)c3)nc12. The predicted octanol–water partition coefficient (Wildman–Crippen LogP) is 2.73. The fraction of sp³-hybridized carbons (Fsp3) is 0.263. The van der Waals surface area contributed by atoms with Gasteiger partial charge < -0.3 is 11.1 Å². The number of primary amides is 1. The van der Waals surface area contributed by atoms with Gasteiger partial charge in [-0.2, -0.15) is 5.10 Å². The molecule has 128 valence electrons. The number of piperidine rings is 1. The van der Waals surface area contributed by atoms with Gasteiger partial charge in [0.05, 0.1) is 11.3 Å². The van der Waals surface area contributed by atoms with Crippen molar-refractivity contribution in [2.24, 2.45) is 5.73 Å². The third kappa shape index (κ3) is 3.00. The number of hydrogen-bond acceptors (Lipinski definition) is 3. The van der Waals surface area contributed by atoms with Gasteiger partial charge in [0, 0.05) is 18.1 Å². The molecule has 3 aromatic rings. The van der Waals surface area contributed by atoms with E-state index in [1.165, 1.54) is 18.1 Å². The topological polar surface area (TPSA) is 72.9 Å². The Kier molecular flexibility index (Phi) is 3.97. The first-order valence-corrected chi connectivity index (χ1v) is 8.41. The molecule has 1 aliphatic heterocycles. The van der Waals surface area contributed by atoms with Crippen LogP contribution in [0.4, 0.5) is 4.39 Å². The van der Waals surface area contributed by atoms with Gasteiger partial charge in [0.25, 0.3) is 5.91 Å². The molecule has 0 aliphatic carbocycles. The summed E-state index contributed by atoms with van der Waals surface area (Å²) in [6.45, 7) is 2.05. The average Bonchev–Trinajstić information content (AvgIpc) is 3.05. The van der Waals surface area contributed by atoms with Gasteiger partial charge in [0.15, 0.2) is 0 Å². The molecular weight excluding hydrogens is 319 g/mol. The lowest BCUT2D eigenvalue weighted by Gasteiger charge is -2.23. The van der Waals surface area contributed by atoms with E-state index >= 15 is 0 Å². The van der Waals surface area contributed by atoms with Crippen LogP contribution in [-0.2, 0) is 0 Å². The van der Waals surface area contributed by atoms with Crippen LogP contribution in [0.25, 0.3) is 16.6 Å². The second-order valence-electron chi connectivity index (χ2n) is 6.47. The smallest absolute Gasteiger partial charge is 0.251 e. The summed E-state index contributed by atoms with van der Waals surface area (Å²) < 4.78 is 15.4. The molecule has 1 saturated heterocycles. The molecule has 4 rings (SSSR count). The lowest BCUT2D eigenvalue weighted by atomic mass is 9.91. The van der Waals surface area contributed by atoms with E-state index in [-0.39, 0.29) is 5.56 Å². The van der Waals surface area contributed by atoms with Crippen LogP contribution in [-0.4, -0.2) is 28.8 Å². The molecule has 0 bridgehead atoms. The zero-order chi connectivity index (χ0) is 17.4. The number of aromatic nitrogens is 2. The summed E-state index contributed by atoms with van der Waals surface area (Å²) in [4.78, 5) is 11.6. The number of carbonyl (C=O) groups excluding carboxylic acids is 1. The lowest BCUT2D eigenvalue weighted by molar-refractivity contribution is 0.100. The first-order valence-electron chi connectivity index (χ1n) is 8.41. The van der Waals surface area contributed by atoms with Crippen molar-refractivity contribution < 1.29 is 9.18 Å². The van der Waals surface area contributed by atoms with E-state index in [4.69, 9.17) is 5.73 Å².